The van der Waals surface area contributed by atoms with Crippen LogP contribution in [0, 0.1) is 6.92 Å². The standard InChI is InChI=1S/C15H21N3O3/c1-11-2-4-12(5-3-11)17-14(19)10-13(15(20)21)18-8-6-16-7-9-18/h2-5,13,16H,6-10H2,1H3,(H,17,19)(H,20,21)/t13-/m0/s1. The first-order chi connectivity index (χ1) is 10.1. The predicted molar refractivity (Wildman–Crippen MR) is 80.3 cm³/mol. The first kappa shape index (κ1) is 15.5. The van der Waals surface area contributed by atoms with Crippen molar-refractivity contribution in [3.8, 4) is 0 Å². The topological polar surface area (TPSA) is 81.7 Å². The summed E-state index contributed by atoms with van der Waals surface area (Å²) in [4.78, 5) is 25.3. The van der Waals surface area contributed by atoms with Crippen LogP contribution in [0.1, 0.15) is 12.0 Å². The second-order valence-electron chi connectivity index (χ2n) is 5.26. The Labute approximate surface area is 124 Å². The van der Waals surface area contributed by atoms with Crippen LogP contribution in [0.4, 0.5) is 5.69 Å². The van der Waals surface area contributed by atoms with Crippen molar-refractivity contribution in [1.82, 2.24) is 10.2 Å². The maximum atomic E-state index is 12.0. The molecule has 0 spiro atoms. The summed E-state index contributed by atoms with van der Waals surface area (Å²) in [5.74, 6) is -1.22. The highest BCUT2D eigenvalue weighted by molar-refractivity contribution is 5.94. The molecule has 21 heavy (non-hydrogen) atoms. The third kappa shape index (κ3) is 4.54. The summed E-state index contributed by atoms with van der Waals surface area (Å²) in [6.45, 7) is 4.77. The van der Waals surface area contributed by atoms with Gasteiger partial charge in [0.25, 0.3) is 0 Å². The smallest absolute Gasteiger partial charge is 0.321 e. The zero-order chi connectivity index (χ0) is 15.2. The Kier molecular flexibility index (Phi) is 5.30. The van der Waals surface area contributed by atoms with Gasteiger partial charge in [-0.25, -0.2) is 0 Å². The molecule has 114 valence electrons. The van der Waals surface area contributed by atoms with Crippen LogP contribution >= 0.6 is 0 Å². The summed E-state index contributed by atoms with van der Waals surface area (Å²) in [7, 11) is 0. The van der Waals surface area contributed by atoms with E-state index in [1.165, 1.54) is 0 Å². The molecular weight excluding hydrogens is 270 g/mol. The van der Waals surface area contributed by atoms with Gasteiger partial charge in [0.15, 0.2) is 0 Å². The lowest BCUT2D eigenvalue weighted by Crippen LogP contribution is -2.52. The van der Waals surface area contributed by atoms with Gasteiger partial charge < -0.3 is 15.7 Å². The number of carbonyl (C=O) groups is 2. The molecule has 0 radical (unpaired) electrons. The number of amides is 1. The van der Waals surface area contributed by atoms with Gasteiger partial charge in [0.05, 0.1) is 6.42 Å². The molecule has 1 aromatic carbocycles. The highest BCUT2D eigenvalue weighted by Crippen LogP contribution is 2.12. The van der Waals surface area contributed by atoms with Crippen LogP contribution in [0.3, 0.4) is 0 Å². The molecule has 0 aliphatic carbocycles. The maximum absolute atomic E-state index is 12.0. The van der Waals surface area contributed by atoms with Gasteiger partial charge in [0, 0.05) is 31.9 Å². The summed E-state index contributed by atoms with van der Waals surface area (Å²) in [6, 6.07) is 6.67. The molecule has 1 heterocycles. The molecular formula is C15H21N3O3. The number of rotatable bonds is 5. The SMILES string of the molecule is Cc1ccc(NC(=O)C[C@@H](C(=O)O)N2CCNCC2)cc1. The van der Waals surface area contributed by atoms with E-state index in [1.807, 2.05) is 36.1 Å². The lowest BCUT2D eigenvalue weighted by molar-refractivity contribution is -0.145. The molecule has 1 aromatic rings. The van der Waals surface area contributed by atoms with Crippen molar-refractivity contribution in [1.29, 1.82) is 0 Å². The molecule has 1 amide bonds. The minimum Gasteiger partial charge on any atom is -0.480 e. The van der Waals surface area contributed by atoms with Gasteiger partial charge in [-0.2, -0.15) is 0 Å². The Morgan fingerprint density at radius 1 is 1.29 bits per heavy atom. The number of aliphatic carboxylic acids is 1. The number of nitrogens with one attached hydrogen (secondary N) is 2. The number of benzene rings is 1. The predicted octanol–water partition coefficient (Wildman–Crippen LogP) is 0.682. The number of carboxylic acid groups (broad SMARTS) is 1. The van der Waals surface area contributed by atoms with Gasteiger partial charge in [-0.3, -0.25) is 14.5 Å². The van der Waals surface area contributed by atoms with E-state index in [-0.39, 0.29) is 12.3 Å². The highest BCUT2D eigenvalue weighted by Gasteiger charge is 2.28. The third-order valence-corrected chi connectivity index (χ3v) is 3.59. The summed E-state index contributed by atoms with van der Waals surface area (Å²) in [5, 5.41) is 15.3. The van der Waals surface area contributed by atoms with Gasteiger partial charge in [-0.15, -0.1) is 0 Å². The monoisotopic (exact) mass is 291 g/mol. The van der Waals surface area contributed by atoms with Crippen LogP contribution in [0.2, 0.25) is 0 Å². The van der Waals surface area contributed by atoms with Crippen molar-refractivity contribution in [3.63, 3.8) is 0 Å². The van der Waals surface area contributed by atoms with E-state index in [1.54, 1.807) is 0 Å². The lowest BCUT2D eigenvalue weighted by Gasteiger charge is -2.32. The van der Waals surface area contributed by atoms with E-state index in [0.717, 1.165) is 18.7 Å². The van der Waals surface area contributed by atoms with Gasteiger partial charge in [0.1, 0.15) is 6.04 Å². The van der Waals surface area contributed by atoms with Crippen molar-refractivity contribution in [2.45, 2.75) is 19.4 Å². The second-order valence-corrected chi connectivity index (χ2v) is 5.26. The molecule has 0 aromatic heterocycles. The number of aryl methyl sites for hydroxylation is 1. The van der Waals surface area contributed by atoms with Gasteiger partial charge in [-0.05, 0) is 19.1 Å². The first-order valence-corrected chi connectivity index (χ1v) is 7.10. The fraction of sp³-hybridized carbons (Fsp3) is 0.467. The second kappa shape index (κ2) is 7.19. The molecule has 0 unspecified atom stereocenters. The van der Waals surface area contributed by atoms with E-state index in [2.05, 4.69) is 10.6 Å². The third-order valence-electron chi connectivity index (χ3n) is 3.59. The van der Waals surface area contributed by atoms with E-state index >= 15 is 0 Å². The van der Waals surface area contributed by atoms with Gasteiger partial charge in [-0.1, -0.05) is 17.7 Å². The fourth-order valence-corrected chi connectivity index (χ4v) is 2.39. The average Bonchev–Trinajstić information content (AvgIpc) is 2.48. The number of piperazine rings is 1. The largest absolute Gasteiger partial charge is 0.480 e. The summed E-state index contributed by atoms with van der Waals surface area (Å²) < 4.78 is 0. The van der Waals surface area contributed by atoms with Crippen molar-refractivity contribution >= 4 is 17.6 Å². The number of carboxylic acids is 1. The number of carbonyl (C=O) groups excluding carboxylic acids is 1. The van der Waals surface area contributed by atoms with E-state index in [4.69, 9.17) is 0 Å². The maximum Gasteiger partial charge on any atom is 0.321 e. The quantitative estimate of drug-likeness (QED) is 0.743. The first-order valence-electron chi connectivity index (χ1n) is 7.10. The molecule has 0 bridgehead atoms. The van der Waals surface area contributed by atoms with E-state index in [0.29, 0.717) is 18.8 Å². The number of hydrogen-bond acceptors (Lipinski definition) is 4. The van der Waals surface area contributed by atoms with Gasteiger partial charge in [0.2, 0.25) is 5.91 Å². The average molecular weight is 291 g/mol. The fourth-order valence-electron chi connectivity index (χ4n) is 2.39. The summed E-state index contributed by atoms with van der Waals surface area (Å²) >= 11 is 0. The van der Waals surface area contributed by atoms with Crippen molar-refractivity contribution in [3.05, 3.63) is 29.8 Å². The molecule has 0 saturated carbocycles. The summed E-state index contributed by atoms with van der Waals surface area (Å²) in [5.41, 5.74) is 1.80. The molecule has 1 atom stereocenters. The zero-order valence-electron chi connectivity index (χ0n) is 12.1. The van der Waals surface area contributed by atoms with Crippen molar-refractivity contribution < 1.29 is 14.7 Å². The molecule has 1 saturated heterocycles. The Morgan fingerprint density at radius 2 is 1.90 bits per heavy atom. The van der Waals surface area contributed by atoms with Gasteiger partial charge >= 0.3 is 5.97 Å². The highest BCUT2D eigenvalue weighted by atomic mass is 16.4. The van der Waals surface area contributed by atoms with Crippen LogP contribution < -0.4 is 10.6 Å². The Hall–Kier alpha value is -1.92. The zero-order valence-corrected chi connectivity index (χ0v) is 12.1. The molecule has 1 aliphatic rings. The number of nitrogens with zero attached hydrogens (tertiary/aromatic N) is 1. The van der Waals surface area contributed by atoms with Crippen LogP contribution in [0.25, 0.3) is 0 Å². The Bertz CT molecular complexity index is 495. The van der Waals surface area contributed by atoms with E-state index in [9.17, 15) is 14.7 Å². The van der Waals surface area contributed by atoms with Crippen molar-refractivity contribution in [2.24, 2.45) is 0 Å². The lowest BCUT2D eigenvalue weighted by atomic mass is 10.1. The van der Waals surface area contributed by atoms with Crippen LogP contribution in [-0.2, 0) is 9.59 Å². The molecule has 1 aliphatic heterocycles. The number of anilines is 1. The van der Waals surface area contributed by atoms with Crippen LogP contribution in [0.15, 0.2) is 24.3 Å². The Balaban J connectivity index is 1.94. The summed E-state index contributed by atoms with van der Waals surface area (Å²) in [6.07, 6.45) is -0.0385. The minimum atomic E-state index is -0.948. The van der Waals surface area contributed by atoms with Crippen LogP contribution in [-0.4, -0.2) is 54.1 Å². The minimum absolute atomic E-state index is 0.0385. The normalized spacial score (nSPS) is 17.2. The molecule has 1 fully saturated rings. The van der Waals surface area contributed by atoms with E-state index < -0.39 is 12.0 Å². The van der Waals surface area contributed by atoms with Crippen LogP contribution in [0.5, 0.6) is 0 Å². The molecule has 2 rings (SSSR count). The molecule has 6 heteroatoms. The molecule has 6 nitrogen and oxygen atoms in total. The van der Waals surface area contributed by atoms with Crippen molar-refractivity contribution in [2.75, 3.05) is 31.5 Å². The molecule has 3 N–H and O–H groups in total. The Morgan fingerprint density at radius 3 is 2.48 bits per heavy atom. The number of hydrogen-bond donors (Lipinski definition) is 3.